The summed E-state index contributed by atoms with van der Waals surface area (Å²) in [5.41, 5.74) is -0.134. The molecule has 0 aromatic carbocycles. The third-order valence-electron chi connectivity index (χ3n) is 3.51. The van der Waals surface area contributed by atoms with Gasteiger partial charge in [0.2, 0.25) is 0 Å². The Bertz CT molecular complexity index is 218. The molecule has 1 aliphatic rings. The predicted octanol–water partition coefficient (Wildman–Crippen LogP) is 2.41. The first-order valence-corrected chi connectivity index (χ1v) is 6.05. The molecule has 2 atom stereocenters. The summed E-state index contributed by atoms with van der Waals surface area (Å²) >= 11 is 0. The van der Waals surface area contributed by atoms with E-state index in [0.29, 0.717) is 0 Å². The van der Waals surface area contributed by atoms with Crippen molar-refractivity contribution in [3.8, 4) is 0 Å². The summed E-state index contributed by atoms with van der Waals surface area (Å²) in [7, 11) is 0. The minimum Gasteiger partial charge on any atom is -0.481 e. The van der Waals surface area contributed by atoms with Gasteiger partial charge in [-0.25, -0.2) is 0 Å². The van der Waals surface area contributed by atoms with E-state index in [-0.39, 0.29) is 12.0 Å². The van der Waals surface area contributed by atoms with E-state index < -0.39 is 5.97 Å². The molecular weight excluding hydrogens is 190 g/mol. The van der Waals surface area contributed by atoms with E-state index in [4.69, 9.17) is 5.11 Å². The lowest BCUT2D eigenvalue weighted by Crippen LogP contribution is -2.46. The van der Waals surface area contributed by atoms with Crippen LogP contribution in [-0.4, -0.2) is 23.2 Å². The molecule has 1 rings (SSSR count). The van der Waals surface area contributed by atoms with Gasteiger partial charge in [0.15, 0.2) is 0 Å². The largest absolute Gasteiger partial charge is 0.481 e. The van der Waals surface area contributed by atoms with E-state index in [1.165, 1.54) is 6.42 Å². The fraction of sp³-hybridized carbons (Fsp3) is 0.917. The van der Waals surface area contributed by atoms with Crippen LogP contribution in [0.3, 0.4) is 0 Å². The van der Waals surface area contributed by atoms with Gasteiger partial charge < -0.3 is 10.4 Å². The zero-order valence-corrected chi connectivity index (χ0v) is 9.88. The van der Waals surface area contributed by atoms with Crippen molar-refractivity contribution in [3.05, 3.63) is 0 Å². The van der Waals surface area contributed by atoms with Gasteiger partial charge in [-0.3, -0.25) is 4.79 Å². The summed E-state index contributed by atoms with van der Waals surface area (Å²) < 4.78 is 0. The summed E-state index contributed by atoms with van der Waals surface area (Å²) in [6.45, 7) is 5.18. The van der Waals surface area contributed by atoms with Gasteiger partial charge in [0.05, 0.1) is 6.42 Å². The number of hydrogen-bond acceptors (Lipinski definition) is 2. The summed E-state index contributed by atoms with van der Waals surface area (Å²) in [5.74, 6) is 0.0739. The van der Waals surface area contributed by atoms with Crippen LogP contribution < -0.4 is 5.32 Å². The monoisotopic (exact) mass is 213 g/mol. The molecule has 88 valence electrons. The topological polar surface area (TPSA) is 49.3 Å². The molecule has 0 aromatic rings. The Morgan fingerprint density at radius 2 is 2.20 bits per heavy atom. The second-order valence-electron chi connectivity index (χ2n) is 4.92. The summed E-state index contributed by atoms with van der Waals surface area (Å²) in [6, 6.07) is 0. The van der Waals surface area contributed by atoms with Gasteiger partial charge in [-0.15, -0.1) is 0 Å². The van der Waals surface area contributed by atoms with Crippen LogP contribution in [-0.2, 0) is 4.79 Å². The van der Waals surface area contributed by atoms with Gasteiger partial charge in [-0.1, -0.05) is 26.7 Å². The Hall–Kier alpha value is -0.570. The van der Waals surface area contributed by atoms with Crippen molar-refractivity contribution in [1.29, 1.82) is 0 Å². The predicted molar refractivity (Wildman–Crippen MR) is 60.9 cm³/mol. The number of carboxylic acid groups (broad SMARTS) is 1. The maximum Gasteiger partial charge on any atom is 0.305 e. The summed E-state index contributed by atoms with van der Waals surface area (Å²) in [6.07, 6.45) is 5.84. The second kappa shape index (κ2) is 5.50. The molecule has 0 amide bonds. The van der Waals surface area contributed by atoms with E-state index in [1.54, 1.807) is 0 Å². The Morgan fingerprint density at radius 1 is 1.47 bits per heavy atom. The van der Waals surface area contributed by atoms with Gasteiger partial charge >= 0.3 is 5.97 Å². The van der Waals surface area contributed by atoms with Gasteiger partial charge in [-0.05, 0) is 31.7 Å². The highest BCUT2D eigenvalue weighted by atomic mass is 16.4. The van der Waals surface area contributed by atoms with Gasteiger partial charge in [0.1, 0.15) is 0 Å². The van der Waals surface area contributed by atoms with Crippen molar-refractivity contribution < 1.29 is 9.90 Å². The summed E-state index contributed by atoms with van der Waals surface area (Å²) in [4.78, 5) is 10.9. The van der Waals surface area contributed by atoms with E-state index >= 15 is 0 Å². The van der Waals surface area contributed by atoms with Crippen LogP contribution in [0.2, 0.25) is 0 Å². The number of rotatable bonds is 4. The lowest BCUT2D eigenvalue weighted by molar-refractivity contribution is -0.138. The van der Waals surface area contributed by atoms with Gasteiger partial charge in [-0.2, -0.15) is 0 Å². The van der Waals surface area contributed by atoms with Crippen LogP contribution in [0.4, 0.5) is 0 Å². The molecule has 0 bridgehead atoms. The third-order valence-corrected chi connectivity index (χ3v) is 3.51. The molecule has 0 spiro atoms. The molecule has 3 heteroatoms. The van der Waals surface area contributed by atoms with Crippen molar-refractivity contribution in [2.24, 2.45) is 5.92 Å². The molecule has 0 heterocycles. The average molecular weight is 213 g/mol. The molecule has 3 nitrogen and oxygen atoms in total. The first-order chi connectivity index (χ1) is 7.08. The fourth-order valence-electron chi connectivity index (χ4n) is 2.66. The highest BCUT2D eigenvalue weighted by molar-refractivity contribution is 5.68. The Labute approximate surface area is 92.3 Å². The Balaban J connectivity index is 2.65. The Morgan fingerprint density at radius 3 is 2.80 bits per heavy atom. The average Bonchev–Trinajstić information content (AvgIpc) is 2.29. The lowest BCUT2D eigenvalue weighted by Gasteiger charge is -2.32. The number of carbonyl (C=O) groups is 1. The zero-order chi connectivity index (χ0) is 11.3. The van der Waals surface area contributed by atoms with Gasteiger partial charge in [0, 0.05) is 5.54 Å². The quantitative estimate of drug-likeness (QED) is 0.705. The molecule has 2 N–H and O–H groups in total. The number of nitrogens with one attached hydrogen (secondary N) is 1. The molecule has 1 saturated carbocycles. The van der Waals surface area contributed by atoms with Crippen molar-refractivity contribution in [3.63, 3.8) is 0 Å². The van der Waals surface area contributed by atoms with Crippen molar-refractivity contribution >= 4 is 5.97 Å². The molecular formula is C12H23NO2. The highest BCUT2D eigenvalue weighted by Gasteiger charge is 2.33. The van der Waals surface area contributed by atoms with Crippen LogP contribution in [0.1, 0.15) is 52.4 Å². The molecule has 15 heavy (non-hydrogen) atoms. The fourth-order valence-corrected chi connectivity index (χ4v) is 2.66. The molecule has 0 saturated heterocycles. The maximum absolute atomic E-state index is 10.9. The standard InChI is InChI=1S/C12H23NO2/c1-3-13-12(9-11(14)15)7-4-5-10(2)6-8-12/h10,13H,3-9H2,1-2H3,(H,14,15). The molecule has 1 fully saturated rings. The summed E-state index contributed by atoms with van der Waals surface area (Å²) in [5, 5.41) is 12.4. The number of carboxylic acids is 1. The lowest BCUT2D eigenvalue weighted by atomic mass is 9.86. The van der Waals surface area contributed by atoms with E-state index in [0.717, 1.165) is 38.1 Å². The van der Waals surface area contributed by atoms with E-state index in [2.05, 4.69) is 19.2 Å². The van der Waals surface area contributed by atoms with Gasteiger partial charge in [0.25, 0.3) is 0 Å². The Kier molecular flexibility index (Phi) is 4.58. The minimum atomic E-state index is -0.675. The molecule has 0 aliphatic heterocycles. The van der Waals surface area contributed by atoms with Crippen LogP contribution in [0.25, 0.3) is 0 Å². The van der Waals surface area contributed by atoms with Crippen molar-refractivity contribution in [2.75, 3.05) is 6.54 Å². The van der Waals surface area contributed by atoms with E-state index in [9.17, 15) is 4.79 Å². The smallest absolute Gasteiger partial charge is 0.305 e. The number of aliphatic carboxylic acids is 1. The normalized spacial score (nSPS) is 32.3. The first-order valence-electron chi connectivity index (χ1n) is 6.05. The second-order valence-corrected chi connectivity index (χ2v) is 4.92. The highest BCUT2D eigenvalue weighted by Crippen LogP contribution is 2.32. The van der Waals surface area contributed by atoms with Crippen molar-refractivity contribution in [1.82, 2.24) is 5.32 Å². The molecule has 1 aliphatic carbocycles. The first kappa shape index (κ1) is 12.5. The van der Waals surface area contributed by atoms with Crippen LogP contribution in [0, 0.1) is 5.92 Å². The molecule has 0 radical (unpaired) electrons. The zero-order valence-electron chi connectivity index (χ0n) is 9.88. The SMILES string of the molecule is CCNC1(CC(=O)O)CCCC(C)CC1. The van der Waals surface area contributed by atoms with Crippen LogP contribution in [0.5, 0.6) is 0 Å². The minimum absolute atomic E-state index is 0.134. The molecule has 0 aromatic heterocycles. The number of hydrogen-bond donors (Lipinski definition) is 2. The molecule has 2 unspecified atom stereocenters. The third kappa shape index (κ3) is 3.82. The van der Waals surface area contributed by atoms with Crippen LogP contribution in [0.15, 0.2) is 0 Å². The maximum atomic E-state index is 10.9. The van der Waals surface area contributed by atoms with E-state index in [1.807, 2.05) is 0 Å². The van der Waals surface area contributed by atoms with Crippen molar-refractivity contribution in [2.45, 2.75) is 57.9 Å². The van der Waals surface area contributed by atoms with Crippen LogP contribution >= 0.6 is 0 Å².